The van der Waals surface area contributed by atoms with Crippen LogP contribution in [0.2, 0.25) is 0 Å². The van der Waals surface area contributed by atoms with Gasteiger partial charge in [-0.3, -0.25) is 0 Å². The van der Waals surface area contributed by atoms with Crippen molar-refractivity contribution in [1.82, 2.24) is 9.80 Å². The van der Waals surface area contributed by atoms with Crippen LogP contribution in [0.25, 0.3) is 0 Å². The maximum Gasteiger partial charge on any atom is 0.419 e. The van der Waals surface area contributed by atoms with E-state index in [2.05, 4.69) is 4.99 Å². The number of guanidine groups is 1. The van der Waals surface area contributed by atoms with Crippen LogP contribution in [0.15, 0.2) is 17.1 Å². The number of hydrogen-bond donors (Lipinski definition) is 0. The van der Waals surface area contributed by atoms with E-state index in [-0.39, 0.29) is 18.2 Å². The lowest BCUT2D eigenvalue weighted by atomic mass is 10.1. The highest BCUT2D eigenvalue weighted by Gasteiger charge is 2.35. The first-order valence-electron chi connectivity index (χ1n) is 5.98. The van der Waals surface area contributed by atoms with Crippen LogP contribution in [0.5, 0.6) is 0 Å². The lowest BCUT2D eigenvalue weighted by molar-refractivity contribution is -0.140. The molecule has 0 aromatic heterocycles. The third-order valence-corrected chi connectivity index (χ3v) is 2.63. The molecule has 0 bridgehead atoms. The average molecular weight is 309 g/mol. The second-order valence-corrected chi connectivity index (χ2v) is 4.83. The van der Waals surface area contributed by atoms with E-state index in [9.17, 15) is 22.0 Å². The van der Waals surface area contributed by atoms with Crippen molar-refractivity contribution in [2.75, 3.05) is 28.2 Å². The van der Waals surface area contributed by atoms with Gasteiger partial charge in [-0.15, -0.1) is 0 Å². The summed E-state index contributed by atoms with van der Waals surface area (Å²) in [6.07, 6.45) is -4.93. The molecule has 21 heavy (non-hydrogen) atoms. The molecule has 0 aliphatic heterocycles. The quantitative estimate of drug-likeness (QED) is 0.475. The van der Waals surface area contributed by atoms with Crippen LogP contribution in [0.3, 0.4) is 0 Å². The van der Waals surface area contributed by atoms with Crippen LogP contribution in [0.1, 0.15) is 11.1 Å². The van der Waals surface area contributed by atoms with Gasteiger partial charge in [0.2, 0.25) is 0 Å². The van der Waals surface area contributed by atoms with Crippen molar-refractivity contribution < 1.29 is 22.0 Å². The van der Waals surface area contributed by atoms with Gasteiger partial charge in [-0.05, 0) is 12.1 Å². The Balaban J connectivity index is 3.12. The molecule has 1 rings (SSSR count). The molecule has 0 N–H and O–H groups in total. The Kier molecular flexibility index (Phi) is 5.14. The summed E-state index contributed by atoms with van der Waals surface area (Å²) in [5.41, 5.74) is -1.85. The van der Waals surface area contributed by atoms with E-state index in [1.165, 1.54) is 0 Å². The van der Waals surface area contributed by atoms with E-state index in [4.69, 9.17) is 0 Å². The first kappa shape index (κ1) is 17.2. The Morgan fingerprint density at radius 1 is 1.00 bits per heavy atom. The zero-order valence-corrected chi connectivity index (χ0v) is 12.1. The Morgan fingerprint density at radius 2 is 1.52 bits per heavy atom. The van der Waals surface area contributed by atoms with Crippen molar-refractivity contribution in [2.24, 2.45) is 4.99 Å². The summed E-state index contributed by atoms with van der Waals surface area (Å²) in [5.74, 6) is -2.16. The Labute approximate surface area is 119 Å². The fourth-order valence-corrected chi connectivity index (χ4v) is 1.77. The second kappa shape index (κ2) is 6.28. The minimum Gasteiger partial charge on any atom is -0.349 e. The van der Waals surface area contributed by atoms with Gasteiger partial charge in [0, 0.05) is 33.8 Å². The molecule has 0 atom stereocenters. The van der Waals surface area contributed by atoms with E-state index >= 15 is 0 Å². The molecule has 0 unspecified atom stereocenters. The number of alkyl halides is 3. The molecule has 0 amide bonds. The van der Waals surface area contributed by atoms with Crippen LogP contribution in [0, 0.1) is 11.6 Å². The zero-order valence-electron chi connectivity index (χ0n) is 12.1. The maximum atomic E-state index is 13.6. The lowest BCUT2D eigenvalue weighted by Gasteiger charge is -2.22. The van der Waals surface area contributed by atoms with Gasteiger partial charge in [0.25, 0.3) is 0 Å². The number of halogens is 5. The van der Waals surface area contributed by atoms with Gasteiger partial charge < -0.3 is 9.80 Å². The monoisotopic (exact) mass is 309 g/mol. The standard InChI is InChI=1S/C13H16F5N3/c1-20(2)12(21(3)4)19-7-8-5-11(15)9(6-10(8)14)13(16,17)18/h5-6H,7H2,1-4H3. The number of hydrogen-bond acceptors (Lipinski definition) is 1. The minimum atomic E-state index is -4.93. The smallest absolute Gasteiger partial charge is 0.349 e. The van der Waals surface area contributed by atoms with Crippen molar-refractivity contribution in [1.29, 1.82) is 0 Å². The van der Waals surface area contributed by atoms with Crippen LogP contribution >= 0.6 is 0 Å². The van der Waals surface area contributed by atoms with Gasteiger partial charge >= 0.3 is 6.18 Å². The van der Waals surface area contributed by atoms with E-state index in [1.807, 2.05) is 0 Å². The third-order valence-electron chi connectivity index (χ3n) is 2.63. The summed E-state index contributed by atoms with van der Waals surface area (Å²) in [6.45, 7) is -0.257. The highest BCUT2D eigenvalue weighted by atomic mass is 19.4. The summed E-state index contributed by atoms with van der Waals surface area (Å²) in [7, 11) is 6.84. The first-order chi connectivity index (χ1) is 9.54. The first-order valence-corrected chi connectivity index (χ1v) is 5.98. The topological polar surface area (TPSA) is 18.8 Å². The molecule has 8 heteroatoms. The molecule has 0 fully saturated rings. The van der Waals surface area contributed by atoms with Gasteiger partial charge in [0.15, 0.2) is 5.96 Å². The van der Waals surface area contributed by atoms with E-state index in [0.717, 1.165) is 0 Å². The van der Waals surface area contributed by atoms with Crippen molar-refractivity contribution in [3.63, 3.8) is 0 Å². The molecule has 0 heterocycles. The molecule has 1 aromatic carbocycles. The van der Waals surface area contributed by atoms with Gasteiger partial charge in [-0.2, -0.15) is 13.2 Å². The van der Waals surface area contributed by atoms with Crippen molar-refractivity contribution in [2.45, 2.75) is 12.7 Å². The summed E-state index contributed by atoms with van der Waals surface area (Å²) in [4.78, 5) is 7.37. The van der Waals surface area contributed by atoms with Gasteiger partial charge in [-0.25, -0.2) is 13.8 Å². The Hall–Kier alpha value is -1.86. The zero-order chi connectivity index (χ0) is 16.4. The molecule has 0 radical (unpaired) electrons. The van der Waals surface area contributed by atoms with Crippen molar-refractivity contribution in [3.05, 3.63) is 34.9 Å². The summed E-state index contributed by atoms with van der Waals surface area (Å²) in [6, 6.07) is 0.690. The normalized spacial score (nSPS) is 11.3. The molecule has 118 valence electrons. The van der Waals surface area contributed by atoms with Crippen LogP contribution in [-0.2, 0) is 12.7 Å². The highest BCUT2D eigenvalue weighted by molar-refractivity contribution is 5.79. The molecule has 0 aliphatic carbocycles. The van der Waals surface area contributed by atoms with Crippen LogP contribution < -0.4 is 0 Å². The second-order valence-electron chi connectivity index (χ2n) is 4.83. The predicted molar refractivity (Wildman–Crippen MR) is 69.9 cm³/mol. The molecule has 0 spiro atoms. The predicted octanol–water partition coefficient (Wildman–Crippen LogP) is 2.96. The number of aliphatic imine (C=N–C) groups is 1. The molecular weight excluding hydrogens is 293 g/mol. The summed E-state index contributed by atoms with van der Waals surface area (Å²) >= 11 is 0. The SMILES string of the molecule is CN(C)C(=NCc1cc(F)c(C(F)(F)F)cc1F)N(C)C. The lowest BCUT2D eigenvalue weighted by Crippen LogP contribution is -2.35. The van der Waals surface area contributed by atoms with Gasteiger partial charge in [0.1, 0.15) is 11.6 Å². The fourth-order valence-electron chi connectivity index (χ4n) is 1.77. The van der Waals surface area contributed by atoms with E-state index in [0.29, 0.717) is 12.0 Å². The van der Waals surface area contributed by atoms with Crippen LogP contribution in [-0.4, -0.2) is 44.0 Å². The number of rotatable bonds is 2. The Morgan fingerprint density at radius 3 is 1.95 bits per heavy atom. The highest BCUT2D eigenvalue weighted by Crippen LogP contribution is 2.32. The van der Waals surface area contributed by atoms with Crippen molar-refractivity contribution >= 4 is 5.96 Å². The number of benzene rings is 1. The van der Waals surface area contributed by atoms with Crippen LogP contribution in [0.4, 0.5) is 22.0 Å². The fraction of sp³-hybridized carbons (Fsp3) is 0.462. The van der Waals surface area contributed by atoms with Gasteiger partial charge in [0.05, 0.1) is 12.1 Å². The average Bonchev–Trinajstić information content (AvgIpc) is 2.30. The molecule has 0 saturated carbocycles. The summed E-state index contributed by atoms with van der Waals surface area (Å²) < 4.78 is 64.4. The van der Waals surface area contributed by atoms with Gasteiger partial charge in [-0.1, -0.05) is 0 Å². The minimum absolute atomic E-state index is 0.158. The molecular formula is C13H16F5N3. The Bertz CT molecular complexity index is 525. The maximum absolute atomic E-state index is 13.6. The summed E-state index contributed by atoms with van der Waals surface area (Å²) in [5, 5.41) is 0. The van der Waals surface area contributed by atoms with E-state index in [1.54, 1.807) is 38.0 Å². The molecule has 1 aromatic rings. The van der Waals surface area contributed by atoms with E-state index < -0.39 is 23.4 Å². The number of nitrogens with zero attached hydrogens (tertiary/aromatic N) is 3. The largest absolute Gasteiger partial charge is 0.419 e. The molecule has 0 aliphatic rings. The third kappa shape index (κ3) is 4.30. The molecule has 3 nitrogen and oxygen atoms in total. The van der Waals surface area contributed by atoms with Crippen molar-refractivity contribution in [3.8, 4) is 0 Å². The molecule has 0 saturated heterocycles.